The van der Waals surface area contributed by atoms with Gasteiger partial charge in [-0.25, -0.2) is 0 Å². The average Bonchev–Trinajstić information content (AvgIpc) is 2.34. The Balaban J connectivity index is 2.06. The summed E-state index contributed by atoms with van der Waals surface area (Å²) in [7, 11) is 0. The van der Waals surface area contributed by atoms with E-state index in [1.165, 1.54) is 17.7 Å². The van der Waals surface area contributed by atoms with Gasteiger partial charge in [-0.3, -0.25) is 10.1 Å². The third-order valence-electron chi connectivity index (χ3n) is 3.18. The molecule has 0 saturated heterocycles. The Morgan fingerprint density at radius 2 is 2.00 bits per heavy atom. The first-order valence-electron chi connectivity index (χ1n) is 6.64. The highest BCUT2D eigenvalue weighted by Crippen LogP contribution is 2.27. The van der Waals surface area contributed by atoms with E-state index in [1.807, 2.05) is 26.0 Å². The molecule has 4 nitrogen and oxygen atoms in total. The Morgan fingerprint density at radius 1 is 1.35 bits per heavy atom. The fourth-order valence-corrected chi connectivity index (χ4v) is 2.47. The SMILES string of the molecule is CC1=CC(C)(C)OC(/C=C/c2ccc([N+](=O)[O-])cc2)C1. The van der Waals surface area contributed by atoms with Crippen molar-refractivity contribution >= 4 is 11.8 Å². The highest BCUT2D eigenvalue weighted by atomic mass is 16.6. The van der Waals surface area contributed by atoms with E-state index in [1.54, 1.807) is 12.1 Å². The van der Waals surface area contributed by atoms with Gasteiger partial charge in [0.1, 0.15) is 0 Å². The van der Waals surface area contributed by atoms with Crippen molar-refractivity contribution in [2.24, 2.45) is 0 Å². The van der Waals surface area contributed by atoms with E-state index in [0.29, 0.717) is 0 Å². The summed E-state index contributed by atoms with van der Waals surface area (Å²) >= 11 is 0. The van der Waals surface area contributed by atoms with Crippen molar-refractivity contribution in [2.75, 3.05) is 0 Å². The van der Waals surface area contributed by atoms with Crippen LogP contribution < -0.4 is 0 Å². The van der Waals surface area contributed by atoms with Crippen LogP contribution in [-0.4, -0.2) is 16.6 Å². The number of nitro benzene ring substituents is 1. The molecule has 0 amide bonds. The number of nitrogens with zero attached hydrogens (tertiary/aromatic N) is 1. The Labute approximate surface area is 118 Å². The molecule has 1 heterocycles. The second-order valence-corrected chi connectivity index (χ2v) is 5.66. The monoisotopic (exact) mass is 273 g/mol. The van der Waals surface area contributed by atoms with Crippen LogP contribution in [0.5, 0.6) is 0 Å². The van der Waals surface area contributed by atoms with Gasteiger partial charge in [-0.1, -0.05) is 23.8 Å². The number of benzene rings is 1. The maximum Gasteiger partial charge on any atom is 0.269 e. The Morgan fingerprint density at radius 3 is 2.55 bits per heavy atom. The fourth-order valence-electron chi connectivity index (χ4n) is 2.47. The zero-order chi connectivity index (χ0) is 14.8. The summed E-state index contributed by atoms with van der Waals surface area (Å²) in [5.74, 6) is 0. The van der Waals surface area contributed by atoms with E-state index in [4.69, 9.17) is 4.74 Å². The van der Waals surface area contributed by atoms with Crippen molar-refractivity contribution in [2.45, 2.75) is 38.9 Å². The van der Waals surface area contributed by atoms with Gasteiger partial charge >= 0.3 is 0 Å². The molecule has 1 aromatic carbocycles. The van der Waals surface area contributed by atoms with Gasteiger partial charge in [0.05, 0.1) is 16.6 Å². The molecule has 1 atom stereocenters. The molecule has 2 rings (SSSR count). The molecule has 0 saturated carbocycles. The molecule has 1 aromatic rings. The smallest absolute Gasteiger partial charge is 0.269 e. The molecule has 106 valence electrons. The molecule has 4 heteroatoms. The number of rotatable bonds is 3. The molecule has 0 bridgehead atoms. The molecular weight excluding hydrogens is 254 g/mol. The molecular formula is C16H19NO3. The van der Waals surface area contributed by atoms with Gasteiger partial charge in [0.25, 0.3) is 5.69 Å². The molecule has 0 fully saturated rings. The molecule has 0 spiro atoms. The first kappa shape index (κ1) is 14.5. The van der Waals surface area contributed by atoms with Crippen molar-refractivity contribution in [3.05, 3.63) is 57.7 Å². The number of non-ortho nitro benzene ring substituents is 1. The van der Waals surface area contributed by atoms with Crippen molar-refractivity contribution in [3.8, 4) is 0 Å². The average molecular weight is 273 g/mol. The maximum atomic E-state index is 10.6. The lowest BCUT2D eigenvalue weighted by molar-refractivity contribution is -0.384. The Bertz CT molecular complexity index is 556. The van der Waals surface area contributed by atoms with Gasteiger partial charge in [-0.2, -0.15) is 0 Å². The molecule has 0 aromatic heterocycles. The molecule has 20 heavy (non-hydrogen) atoms. The topological polar surface area (TPSA) is 52.4 Å². The van der Waals surface area contributed by atoms with E-state index >= 15 is 0 Å². The lowest BCUT2D eigenvalue weighted by Crippen LogP contribution is -2.32. The van der Waals surface area contributed by atoms with Gasteiger partial charge < -0.3 is 4.74 Å². The van der Waals surface area contributed by atoms with Crippen LogP contribution in [-0.2, 0) is 4.74 Å². The largest absolute Gasteiger partial charge is 0.364 e. The third kappa shape index (κ3) is 3.78. The first-order chi connectivity index (χ1) is 9.35. The standard InChI is InChI=1S/C16H19NO3/c1-12-10-15(20-16(2,3)11-12)9-6-13-4-7-14(8-5-13)17(18)19/h4-9,11,15H,10H2,1-3H3/b9-6+. The summed E-state index contributed by atoms with van der Waals surface area (Å²) in [6, 6.07) is 6.50. The van der Waals surface area contributed by atoms with E-state index in [2.05, 4.69) is 13.0 Å². The summed E-state index contributed by atoms with van der Waals surface area (Å²) < 4.78 is 5.96. The van der Waals surface area contributed by atoms with Crippen molar-refractivity contribution < 1.29 is 9.66 Å². The summed E-state index contributed by atoms with van der Waals surface area (Å²) in [4.78, 5) is 10.2. The van der Waals surface area contributed by atoms with Crippen LogP contribution in [0, 0.1) is 10.1 Å². The zero-order valence-corrected chi connectivity index (χ0v) is 12.0. The Hall–Kier alpha value is -1.94. The van der Waals surface area contributed by atoms with Crippen LogP contribution in [0.15, 0.2) is 42.0 Å². The zero-order valence-electron chi connectivity index (χ0n) is 12.0. The summed E-state index contributed by atoms with van der Waals surface area (Å²) in [6.45, 7) is 6.20. The number of hydrogen-bond acceptors (Lipinski definition) is 3. The molecule has 0 radical (unpaired) electrons. The quantitative estimate of drug-likeness (QED) is 0.473. The normalized spacial score (nSPS) is 21.8. The van der Waals surface area contributed by atoms with Crippen LogP contribution in [0.4, 0.5) is 5.69 Å². The molecule has 0 aliphatic carbocycles. The number of ether oxygens (including phenoxy) is 1. The van der Waals surface area contributed by atoms with Gasteiger partial charge in [0.2, 0.25) is 0 Å². The number of nitro groups is 1. The molecule has 1 aliphatic rings. The minimum atomic E-state index is -0.394. The van der Waals surface area contributed by atoms with Gasteiger partial charge in [-0.05, 0) is 44.9 Å². The lowest BCUT2D eigenvalue weighted by atomic mass is 9.96. The predicted octanol–water partition coefficient (Wildman–Crippen LogP) is 4.12. The second-order valence-electron chi connectivity index (χ2n) is 5.66. The van der Waals surface area contributed by atoms with E-state index in [0.717, 1.165) is 12.0 Å². The van der Waals surface area contributed by atoms with Crippen LogP contribution in [0.1, 0.15) is 32.8 Å². The van der Waals surface area contributed by atoms with Crippen LogP contribution in [0.3, 0.4) is 0 Å². The van der Waals surface area contributed by atoms with E-state index in [-0.39, 0.29) is 17.4 Å². The Kier molecular flexibility index (Phi) is 4.04. The second kappa shape index (κ2) is 5.59. The molecule has 1 aliphatic heterocycles. The maximum absolute atomic E-state index is 10.6. The highest BCUT2D eigenvalue weighted by Gasteiger charge is 2.25. The van der Waals surface area contributed by atoms with Gasteiger partial charge in [0.15, 0.2) is 0 Å². The minimum Gasteiger partial charge on any atom is -0.364 e. The first-order valence-corrected chi connectivity index (χ1v) is 6.64. The lowest BCUT2D eigenvalue weighted by Gasteiger charge is -2.32. The minimum absolute atomic E-state index is 0.0465. The van der Waals surface area contributed by atoms with Gasteiger partial charge in [0, 0.05) is 12.1 Å². The number of hydrogen-bond donors (Lipinski definition) is 0. The summed E-state index contributed by atoms with van der Waals surface area (Å²) in [5, 5.41) is 10.6. The molecule has 0 N–H and O–H groups in total. The third-order valence-corrected chi connectivity index (χ3v) is 3.18. The predicted molar refractivity (Wildman–Crippen MR) is 79.5 cm³/mol. The highest BCUT2D eigenvalue weighted by molar-refractivity contribution is 5.52. The van der Waals surface area contributed by atoms with Crippen molar-refractivity contribution in [1.82, 2.24) is 0 Å². The van der Waals surface area contributed by atoms with Crippen LogP contribution >= 0.6 is 0 Å². The summed E-state index contributed by atoms with van der Waals surface area (Å²) in [6.07, 6.45) is 7.03. The van der Waals surface area contributed by atoms with Crippen LogP contribution in [0.25, 0.3) is 6.08 Å². The molecule has 1 unspecified atom stereocenters. The van der Waals surface area contributed by atoms with Crippen molar-refractivity contribution in [3.63, 3.8) is 0 Å². The summed E-state index contributed by atoms with van der Waals surface area (Å²) in [5.41, 5.74) is 2.12. The van der Waals surface area contributed by atoms with Gasteiger partial charge in [-0.15, -0.1) is 0 Å². The van der Waals surface area contributed by atoms with E-state index in [9.17, 15) is 10.1 Å². The van der Waals surface area contributed by atoms with Crippen molar-refractivity contribution in [1.29, 1.82) is 0 Å². The fraction of sp³-hybridized carbons (Fsp3) is 0.375. The van der Waals surface area contributed by atoms with E-state index < -0.39 is 4.92 Å². The van der Waals surface area contributed by atoms with Crippen LogP contribution in [0.2, 0.25) is 0 Å².